The highest BCUT2D eigenvalue weighted by molar-refractivity contribution is 5.82. The lowest BCUT2D eigenvalue weighted by atomic mass is 10.0. The summed E-state index contributed by atoms with van der Waals surface area (Å²) in [5, 5.41) is 0. The topological polar surface area (TPSA) is 43.1 Å². The van der Waals surface area contributed by atoms with Gasteiger partial charge in [0.1, 0.15) is 5.69 Å². The summed E-state index contributed by atoms with van der Waals surface area (Å²) in [4.78, 5) is 15.1. The predicted octanol–water partition coefficient (Wildman–Crippen LogP) is 3.59. The Morgan fingerprint density at radius 3 is 2.41 bits per heavy atom. The smallest absolute Gasteiger partial charge is 0.195 e. The molecule has 0 spiro atoms. The quantitative estimate of drug-likeness (QED) is 0.755. The molecule has 88 valence electrons. The first kappa shape index (κ1) is 11.6. The molecular weight excluding hydrogens is 214 g/mol. The van der Waals surface area contributed by atoms with E-state index in [0.717, 1.165) is 5.56 Å². The fourth-order valence-electron chi connectivity index (χ4n) is 1.76. The van der Waals surface area contributed by atoms with Gasteiger partial charge in [0, 0.05) is 12.5 Å². The molecule has 0 radical (unpaired) electrons. The third kappa shape index (κ3) is 2.28. The fourth-order valence-corrected chi connectivity index (χ4v) is 1.76. The zero-order valence-electron chi connectivity index (χ0n) is 10.2. The van der Waals surface area contributed by atoms with Gasteiger partial charge in [0.25, 0.3) is 0 Å². The highest BCUT2D eigenvalue weighted by atomic mass is 16.4. The lowest BCUT2D eigenvalue weighted by Gasteiger charge is -2.05. The Balaban J connectivity index is 2.42. The van der Waals surface area contributed by atoms with Crippen LogP contribution >= 0.6 is 0 Å². The summed E-state index contributed by atoms with van der Waals surface area (Å²) < 4.78 is 5.22. The molecule has 0 amide bonds. The Bertz CT molecular complexity index is 524. The lowest BCUT2D eigenvalue weighted by Crippen LogP contribution is -1.88. The number of oxazole rings is 1. The van der Waals surface area contributed by atoms with Crippen molar-refractivity contribution in [3.05, 3.63) is 41.5 Å². The number of nitrogens with zero attached hydrogens (tertiary/aromatic N) is 1. The van der Waals surface area contributed by atoms with Crippen molar-refractivity contribution in [2.45, 2.75) is 26.7 Å². The van der Waals surface area contributed by atoms with Crippen molar-refractivity contribution in [3.63, 3.8) is 0 Å². The molecular formula is C14H15NO2. The molecule has 0 bridgehead atoms. The number of aryl methyl sites for hydroxylation is 1. The number of carbonyl (C=O) groups is 1. The molecule has 0 unspecified atom stereocenters. The first-order chi connectivity index (χ1) is 8.11. The van der Waals surface area contributed by atoms with Crippen molar-refractivity contribution in [2.24, 2.45) is 0 Å². The number of benzene rings is 1. The first-order valence-electron chi connectivity index (χ1n) is 5.64. The summed E-state index contributed by atoms with van der Waals surface area (Å²) in [5.41, 5.74) is 2.79. The molecule has 2 rings (SSSR count). The van der Waals surface area contributed by atoms with Crippen LogP contribution in [0, 0.1) is 6.92 Å². The van der Waals surface area contributed by atoms with Crippen LogP contribution in [0.5, 0.6) is 0 Å². The van der Waals surface area contributed by atoms with Crippen molar-refractivity contribution in [1.29, 1.82) is 0 Å². The van der Waals surface area contributed by atoms with Crippen LogP contribution in [0.4, 0.5) is 0 Å². The Hall–Kier alpha value is -1.90. The van der Waals surface area contributed by atoms with Gasteiger partial charge in [-0.25, -0.2) is 4.98 Å². The van der Waals surface area contributed by atoms with Gasteiger partial charge in [-0.3, -0.25) is 4.79 Å². The molecule has 0 aliphatic heterocycles. The summed E-state index contributed by atoms with van der Waals surface area (Å²) in [7, 11) is 0. The Morgan fingerprint density at radius 2 is 1.88 bits per heavy atom. The molecule has 1 heterocycles. The van der Waals surface area contributed by atoms with E-state index in [1.807, 2.05) is 12.1 Å². The van der Waals surface area contributed by atoms with Gasteiger partial charge < -0.3 is 4.42 Å². The molecule has 0 saturated heterocycles. The average Bonchev–Trinajstić information content (AvgIpc) is 2.70. The second kappa shape index (κ2) is 4.53. The highest BCUT2D eigenvalue weighted by Crippen LogP contribution is 2.24. The van der Waals surface area contributed by atoms with Gasteiger partial charge in [-0.2, -0.15) is 0 Å². The lowest BCUT2D eigenvalue weighted by molar-refractivity contribution is 0.110. The average molecular weight is 229 g/mol. The summed E-state index contributed by atoms with van der Waals surface area (Å²) in [5.74, 6) is 1.29. The van der Waals surface area contributed by atoms with E-state index in [2.05, 4.69) is 31.0 Å². The van der Waals surface area contributed by atoms with E-state index in [1.54, 1.807) is 6.92 Å². The van der Waals surface area contributed by atoms with Gasteiger partial charge in [-0.05, 0) is 11.5 Å². The van der Waals surface area contributed by atoms with Crippen molar-refractivity contribution in [2.75, 3.05) is 0 Å². The molecule has 2 aromatic rings. The highest BCUT2D eigenvalue weighted by Gasteiger charge is 2.12. The van der Waals surface area contributed by atoms with Crippen LogP contribution in [0.2, 0.25) is 0 Å². The zero-order chi connectivity index (χ0) is 12.4. The number of carbonyl (C=O) groups excluding carboxylic acids is 1. The Morgan fingerprint density at radius 1 is 1.24 bits per heavy atom. The number of rotatable bonds is 3. The summed E-state index contributed by atoms with van der Waals surface area (Å²) in [6.45, 7) is 6.02. The van der Waals surface area contributed by atoms with E-state index in [1.165, 1.54) is 5.56 Å². The van der Waals surface area contributed by atoms with Crippen LogP contribution in [0.3, 0.4) is 0 Å². The number of hydrogen-bond acceptors (Lipinski definition) is 3. The molecule has 1 aromatic carbocycles. The molecule has 0 aliphatic rings. The van der Waals surface area contributed by atoms with Gasteiger partial charge in [0.15, 0.2) is 17.9 Å². The second-order valence-electron chi connectivity index (χ2n) is 4.34. The van der Waals surface area contributed by atoms with Gasteiger partial charge in [-0.15, -0.1) is 0 Å². The van der Waals surface area contributed by atoms with Crippen molar-refractivity contribution < 1.29 is 9.21 Å². The van der Waals surface area contributed by atoms with E-state index in [9.17, 15) is 4.79 Å². The summed E-state index contributed by atoms with van der Waals surface area (Å²) in [6.07, 6.45) is 0.700. The molecule has 1 aromatic heterocycles. The molecule has 17 heavy (non-hydrogen) atoms. The van der Waals surface area contributed by atoms with Crippen LogP contribution in [-0.4, -0.2) is 11.3 Å². The minimum atomic E-state index is 0.291. The third-order valence-corrected chi connectivity index (χ3v) is 2.72. The first-order valence-corrected chi connectivity index (χ1v) is 5.64. The van der Waals surface area contributed by atoms with Gasteiger partial charge in [0.05, 0.1) is 0 Å². The monoisotopic (exact) mass is 229 g/mol. The largest absolute Gasteiger partial charge is 0.438 e. The molecule has 3 heteroatoms. The Labute approximate surface area is 100 Å². The number of hydrogen-bond donors (Lipinski definition) is 0. The van der Waals surface area contributed by atoms with Crippen molar-refractivity contribution >= 4 is 6.29 Å². The van der Waals surface area contributed by atoms with Gasteiger partial charge in [-0.1, -0.05) is 38.1 Å². The molecule has 0 atom stereocenters. The van der Waals surface area contributed by atoms with Crippen molar-refractivity contribution in [1.82, 2.24) is 4.98 Å². The zero-order valence-corrected chi connectivity index (χ0v) is 10.2. The van der Waals surface area contributed by atoms with Crippen molar-refractivity contribution in [3.8, 4) is 11.3 Å². The van der Waals surface area contributed by atoms with Crippen LogP contribution in [0.1, 0.15) is 41.8 Å². The Kier molecular flexibility index (Phi) is 3.09. The molecule has 0 fully saturated rings. The van der Waals surface area contributed by atoms with Crippen LogP contribution in [0.15, 0.2) is 28.7 Å². The van der Waals surface area contributed by atoms with Crippen LogP contribution in [0.25, 0.3) is 11.3 Å². The fraction of sp³-hybridized carbons (Fsp3) is 0.286. The molecule has 0 N–H and O–H groups in total. The van der Waals surface area contributed by atoms with E-state index < -0.39 is 0 Å². The standard InChI is InChI=1S/C14H15NO2/c1-9(2)11-4-6-12(7-5-11)14-13(8-16)17-10(3)15-14/h4-9H,1-3H3. The maximum Gasteiger partial charge on any atom is 0.195 e. The maximum absolute atomic E-state index is 10.9. The number of aromatic nitrogens is 1. The second-order valence-corrected chi connectivity index (χ2v) is 4.34. The minimum absolute atomic E-state index is 0.291. The summed E-state index contributed by atoms with van der Waals surface area (Å²) >= 11 is 0. The summed E-state index contributed by atoms with van der Waals surface area (Å²) in [6, 6.07) is 8.05. The van der Waals surface area contributed by atoms with Crippen LogP contribution < -0.4 is 0 Å². The molecule has 0 aliphatic carbocycles. The SMILES string of the molecule is Cc1nc(-c2ccc(C(C)C)cc2)c(C=O)o1. The molecule has 0 saturated carbocycles. The normalized spacial score (nSPS) is 10.8. The predicted molar refractivity (Wildman–Crippen MR) is 66.2 cm³/mol. The number of aldehydes is 1. The van der Waals surface area contributed by atoms with E-state index in [4.69, 9.17) is 4.42 Å². The molecule has 3 nitrogen and oxygen atoms in total. The van der Waals surface area contributed by atoms with Gasteiger partial charge >= 0.3 is 0 Å². The third-order valence-electron chi connectivity index (χ3n) is 2.72. The van der Waals surface area contributed by atoms with E-state index >= 15 is 0 Å². The maximum atomic E-state index is 10.9. The van der Waals surface area contributed by atoms with Crippen LogP contribution in [-0.2, 0) is 0 Å². The van der Waals surface area contributed by atoms with E-state index in [0.29, 0.717) is 29.5 Å². The van der Waals surface area contributed by atoms with Gasteiger partial charge in [0.2, 0.25) is 0 Å². The van der Waals surface area contributed by atoms with E-state index in [-0.39, 0.29) is 0 Å². The minimum Gasteiger partial charge on any atom is -0.438 e.